The van der Waals surface area contributed by atoms with Crippen LogP contribution < -0.4 is 0 Å². The predicted molar refractivity (Wildman–Crippen MR) is 63.6 cm³/mol. The van der Waals surface area contributed by atoms with Crippen LogP contribution in [-0.4, -0.2) is 23.8 Å². The van der Waals surface area contributed by atoms with Gasteiger partial charge in [0.15, 0.2) is 5.78 Å². The van der Waals surface area contributed by atoms with Gasteiger partial charge >= 0.3 is 5.97 Å². The number of unbranched alkanes of at least 4 members (excludes halogenated alkanes) is 1. The first-order chi connectivity index (χ1) is 8.20. The van der Waals surface area contributed by atoms with Gasteiger partial charge in [-0.3, -0.25) is 14.6 Å². The fourth-order valence-corrected chi connectivity index (χ4v) is 1.62. The van der Waals surface area contributed by atoms with Gasteiger partial charge in [-0.15, -0.1) is 0 Å². The Balaban J connectivity index is 2.83. The third-order valence-electron chi connectivity index (χ3n) is 2.61. The number of aromatic nitrogens is 1. The number of hydrogen-bond donors (Lipinski definition) is 0. The van der Waals surface area contributed by atoms with Gasteiger partial charge in [-0.25, -0.2) is 0 Å². The molecule has 1 heterocycles. The summed E-state index contributed by atoms with van der Waals surface area (Å²) in [6.07, 6.45) is 5.39. The number of pyridine rings is 1. The third kappa shape index (κ3) is 3.66. The Morgan fingerprint density at radius 3 is 2.53 bits per heavy atom. The van der Waals surface area contributed by atoms with Crippen LogP contribution in [0.2, 0.25) is 0 Å². The van der Waals surface area contributed by atoms with E-state index in [0.717, 1.165) is 12.8 Å². The van der Waals surface area contributed by atoms with E-state index in [1.165, 1.54) is 7.11 Å². The fourth-order valence-electron chi connectivity index (χ4n) is 1.62. The number of ether oxygens (including phenoxy) is 1. The van der Waals surface area contributed by atoms with Gasteiger partial charge in [-0.2, -0.15) is 0 Å². The zero-order chi connectivity index (χ0) is 12.7. The first-order valence-corrected chi connectivity index (χ1v) is 5.72. The number of carbonyl (C=O) groups excluding carboxylic acids is 2. The number of ketones is 1. The molecular weight excluding hydrogens is 218 g/mol. The van der Waals surface area contributed by atoms with E-state index in [1.54, 1.807) is 24.5 Å². The molecule has 4 nitrogen and oxygen atoms in total. The molecule has 0 aromatic carbocycles. The number of methoxy groups -OCH3 is 1. The first kappa shape index (κ1) is 13.4. The molecule has 92 valence electrons. The number of rotatable bonds is 6. The van der Waals surface area contributed by atoms with Crippen molar-refractivity contribution in [1.82, 2.24) is 4.98 Å². The molecule has 0 radical (unpaired) electrons. The Hall–Kier alpha value is -1.71. The lowest BCUT2D eigenvalue weighted by molar-refractivity contribution is -0.143. The summed E-state index contributed by atoms with van der Waals surface area (Å²) in [5, 5.41) is 0. The molecule has 1 aromatic rings. The summed E-state index contributed by atoms with van der Waals surface area (Å²) in [7, 11) is 1.31. The number of Topliss-reactive ketones (excluding diaryl/α,β-unsaturated/α-hetero) is 1. The highest BCUT2D eigenvalue weighted by molar-refractivity contribution is 6.08. The number of nitrogens with zero attached hydrogens (tertiary/aromatic N) is 1. The maximum atomic E-state index is 12.1. The first-order valence-electron chi connectivity index (χ1n) is 5.72. The van der Waals surface area contributed by atoms with Crippen molar-refractivity contribution in [2.24, 2.45) is 5.92 Å². The second-order valence-corrected chi connectivity index (χ2v) is 3.82. The van der Waals surface area contributed by atoms with Gasteiger partial charge in [0.25, 0.3) is 0 Å². The molecule has 0 spiro atoms. The molecular formula is C13H17NO3. The maximum Gasteiger partial charge on any atom is 0.316 e. The van der Waals surface area contributed by atoms with Crippen LogP contribution in [0.25, 0.3) is 0 Å². The Morgan fingerprint density at radius 2 is 2.00 bits per heavy atom. The van der Waals surface area contributed by atoms with Crippen LogP contribution in [0.4, 0.5) is 0 Å². The molecule has 1 atom stereocenters. The quantitative estimate of drug-likeness (QED) is 0.431. The van der Waals surface area contributed by atoms with Crippen LogP contribution >= 0.6 is 0 Å². The average molecular weight is 235 g/mol. The van der Waals surface area contributed by atoms with E-state index in [0.29, 0.717) is 12.0 Å². The molecule has 0 aliphatic heterocycles. The third-order valence-corrected chi connectivity index (χ3v) is 2.61. The van der Waals surface area contributed by atoms with Crippen LogP contribution in [0, 0.1) is 5.92 Å². The molecule has 0 amide bonds. The lowest BCUT2D eigenvalue weighted by atomic mass is 9.93. The second-order valence-electron chi connectivity index (χ2n) is 3.82. The molecule has 0 saturated heterocycles. The molecule has 0 aliphatic rings. The van der Waals surface area contributed by atoms with Crippen molar-refractivity contribution in [3.05, 3.63) is 30.1 Å². The van der Waals surface area contributed by atoms with Crippen LogP contribution in [0.3, 0.4) is 0 Å². The predicted octanol–water partition coefficient (Wildman–Crippen LogP) is 2.24. The molecule has 17 heavy (non-hydrogen) atoms. The van der Waals surface area contributed by atoms with Crippen molar-refractivity contribution < 1.29 is 14.3 Å². The number of esters is 1. The summed E-state index contributed by atoms with van der Waals surface area (Å²) in [4.78, 5) is 27.5. The standard InChI is InChI=1S/C13H17NO3/c1-3-4-5-11(13(16)17-2)12(15)10-6-8-14-9-7-10/h6-9,11H,3-5H2,1-2H3. The van der Waals surface area contributed by atoms with E-state index < -0.39 is 11.9 Å². The summed E-state index contributed by atoms with van der Waals surface area (Å²) >= 11 is 0. The molecule has 0 fully saturated rings. The summed E-state index contributed by atoms with van der Waals surface area (Å²) in [5.41, 5.74) is 0.506. The Kier molecular flexibility index (Phi) is 5.33. The number of carbonyl (C=O) groups is 2. The van der Waals surface area contributed by atoms with Gasteiger partial charge in [0.2, 0.25) is 0 Å². The van der Waals surface area contributed by atoms with Gasteiger partial charge in [0.1, 0.15) is 5.92 Å². The maximum absolute atomic E-state index is 12.1. The van der Waals surface area contributed by atoms with Crippen LogP contribution in [0.1, 0.15) is 36.5 Å². The minimum absolute atomic E-state index is 0.187. The highest BCUT2D eigenvalue weighted by Gasteiger charge is 2.27. The van der Waals surface area contributed by atoms with Gasteiger partial charge in [0, 0.05) is 18.0 Å². The average Bonchev–Trinajstić information content (AvgIpc) is 2.39. The normalized spacial score (nSPS) is 11.9. The van der Waals surface area contributed by atoms with Crippen molar-refractivity contribution in [2.45, 2.75) is 26.2 Å². The Labute approximate surface area is 101 Å². The number of hydrogen-bond acceptors (Lipinski definition) is 4. The molecule has 4 heteroatoms. The van der Waals surface area contributed by atoms with Gasteiger partial charge in [-0.1, -0.05) is 19.8 Å². The topological polar surface area (TPSA) is 56.3 Å². The monoisotopic (exact) mass is 235 g/mol. The second kappa shape index (κ2) is 6.78. The van der Waals surface area contributed by atoms with Gasteiger partial charge in [-0.05, 0) is 18.6 Å². The largest absolute Gasteiger partial charge is 0.468 e. The lowest BCUT2D eigenvalue weighted by Gasteiger charge is -2.12. The van der Waals surface area contributed by atoms with Gasteiger partial charge < -0.3 is 4.74 Å². The highest BCUT2D eigenvalue weighted by atomic mass is 16.5. The summed E-state index contributed by atoms with van der Waals surface area (Å²) < 4.78 is 4.68. The molecule has 0 saturated carbocycles. The van der Waals surface area contributed by atoms with Crippen molar-refractivity contribution >= 4 is 11.8 Å². The van der Waals surface area contributed by atoms with Crippen molar-refractivity contribution in [2.75, 3.05) is 7.11 Å². The summed E-state index contributed by atoms with van der Waals surface area (Å²) in [5.74, 6) is -1.34. The van der Waals surface area contributed by atoms with Crippen LogP contribution in [0.15, 0.2) is 24.5 Å². The van der Waals surface area contributed by atoms with Crippen molar-refractivity contribution in [3.63, 3.8) is 0 Å². The smallest absolute Gasteiger partial charge is 0.316 e. The zero-order valence-electron chi connectivity index (χ0n) is 10.2. The van der Waals surface area contributed by atoms with E-state index in [9.17, 15) is 9.59 Å². The zero-order valence-corrected chi connectivity index (χ0v) is 10.2. The Bertz CT molecular complexity index is 376. The van der Waals surface area contributed by atoms with E-state index in [-0.39, 0.29) is 5.78 Å². The van der Waals surface area contributed by atoms with E-state index in [4.69, 9.17) is 0 Å². The molecule has 0 bridgehead atoms. The summed E-state index contributed by atoms with van der Waals surface area (Å²) in [6.45, 7) is 2.02. The minimum Gasteiger partial charge on any atom is -0.468 e. The lowest BCUT2D eigenvalue weighted by Crippen LogP contribution is -2.25. The SMILES string of the molecule is CCCCC(C(=O)OC)C(=O)c1ccncc1. The fraction of sp³-hybridized carbons (Fsp3) is 0.462. The van der Waals surface area contributed by atoms with Gasteiger partial charge in [0.05, 0.1) is 7.11 Å². The minimum atomic E-state index is -0.692. The van der Waals surface area contributed by atoms with Crippen molar-refractivity contribution in [3.8, 4) is 0 Å². The Morgan fingerprint density at radius 1 is 1.35 bits per heavy atom. The molecule has 1 aromatic heterocycles. The molecule has 1 unspecified atom stereocenters. The van der Waals surface area contributed by atoms with E-state index in [2.05, 4.69) is 9.72 Å². The summed E-state index contributed by atoms with van der Waals surface area (Å²) in [6, 6.07) is 3.23. The molecule has 0 N–H and O–H groups in total. The van der Waals surface area contributed by atoms with Crippen LogP contribution in [0.5, 0.6) is 0 Å². The highest BCUT2D eigenvalue weighted by Crippen LogP contribution is 2.16. The van der Waals surface area contributed by atoms with E-state index >= 15 is 0 Å². The molecule has 1 rings (SSSR count). The molecule has 0 aliphatic carbocycles. The van der Waals surface area contributed by atoms with E-state index in [1.807, 2.05) is 6.92 Å². The van der Waals surface area contributed by atoms with Crippen LogP contribution in [-0.2, 0) is 9.53 Å². The van der Waals surface area contributed by atoms with Crippen molar-refractivity contribution in [1.29, 1.82) is 0 Å².